The van der Waals surface area contributed by atoms with Gasteiger partial charge in [0.05, 0.1) is 11.9 Å². The van der Waals surface area contributed by atoms with E-state index in [2.05, 4.69) is 51.5 Å². The summed E-state index contributed by atoms with van der Waals surface area (Å²) in [5, 5.41) is 3.35. The molecule has 0 saturated heterocycles. The van der Waals surface area contributed by atoms with Gasteiger partial charge in [-0.05, 0) is 24.6 Å². The van der Waals surface area contributed by atoms with Crippen LogP contribution in [0.15, 0.2) is 72.9 Å². The molecule has 2 aromatic heterocycles. The van der Waals surface area contributed by atoms with Crippen LogP contribution in [0.3, 0.4) is 0 Å². The maximum Gasteiger partial charge on any atom is 0.180 e. The van der Waals surface area contributed by atoms with Crippen molar-refractivity contribution in [1.82, 2.24) is 15.0 Å². The van der Waals surface area contributed by atoms with Gasteiger partial charge in [-0.3, -0.25) is 4.98 Å². The van der Waals surface area contributed by atoms with E-state index in [1.54, 1.807) is 6.20 Å². The quantitative estimate of drug-likeness (QED) is 0.595. The van der Waals surface area contributed by atoms with Crippen LogP contribution in [0, 0.1) is 6.92 Å². The van der Waals surface area contributed by atoms with Crippen LogP contribution >= 0.6 is 0 Å². The molecule has 4 rings (SSSR count). The highest BCUT2D eigenvalue weighted by Gasteiger charge is 2.05. The molecule has 0 saturated carbocycles. The lowest BCUT2D eigenvalue weighted by Crippen LogP contribution is -2.02. The fourth-order valence-corrected chi connectivity index (χ4v) is 2.64. The molecule has 0 unspecified atom stereocenters. The number of anilines is 1. The molecule has 2 aromatic carbocycles. The Morgan fingerprint density at radius 2 is 1.64 bits per heavy atom. The van der Waals surface area contributed by atoms with Crippen molar-refractivity contribution in [1.29, 1.82) is 0 Å². The highest BCUT2D eigenvalue weighted by atomic mass is 15.0. The summed E-state index contributed by atoms with van der Waals surface area (Å²) in [6.07, 6.45) is 1.79. The van der Waals surface area contributed by atoms with Gasteiger partial charge in [-0.15, -0.1) is 0 Å². The highest BCUT2D eigenvalue weighted by molar-refractivity contribution is 5.75. The lowest BCUT2D eigenvalue weighted by atomic mass is 10.1. The van der Waals surface area contributed by atoms with Crippen LogP contribution in [0.4, 0.5) is 5.82 Å². The topological polar surface area (TPSA) is 50.7 Å². The number of rotatable bonds is 4. The lowest BCUT2D eigenvalue weighted by molar-refractivity contribution is 1.11. The summed E-state index contributed by atoms with van der Waals surface area (Å²) >= 11 is 0. The fourth-order valence-electron chi connectivity index (χ4n) is 2.64. The Morgan fingerprint density at radius 1 is 0.840 bits per heavy atom. The van der Waals surface area contributed by atoms with E-state index < -0.39 is 0 Å². The zero-order valence-electron chi connectivity index (χ0n) is 14.0. The second-order valence-corrected chi connectivity index (χ2v) is 6.00. The molecule has 4 aromatic rings. The number of fused-ring (bicyclic) bond motifs is 1. The zero-order chi connectivity index (χ0) is 17.1. The maximum absolute atomic E-state index is 4.66. The van der Waals surface area contributed by atoms with Crippen molar-refractivity contribution in [2.24, 2.45) is 0 Å². The molecular formula is C21H18N4. The number of hydrogen-bond acceptors (Lipinski definition) is 4. The molecule has 4 nitrogen and oxygen atoms in total. The standard InChI is InChI=1S/C21H18N4/c1-15-7-9-16(10-8-15)13-23-20-12-11-18-21(25-20)24-19(14-22-18)17-5-3-2-4-6-17/h2-12,14H,13H2,1H3,(H,23,24,25). The Labute approximate surface area is 146 Å². The van der Waals surface area contributed by atoms with E-state index in [1.165, 1.54) is 11.1 Å². The molecule has 1 N–H and O–H groups in total. The summed E-state index contributed by atoms with van der Waals surface area (Å²) in [5.74, 6) is 0.799. The van der Waals surface area contributed by atoms with Crippen LogP contribution in [0.2, 0.25) is 0 Å². The molecule has 0 fully saturated rings. The first-order valence-electron chi connectivity index (χ1n) is 8.26. The summed E-state index contributed by atoms with van der Waals surface area (Å²) in [4.78, 5) is 13.7. The second kappa shape index (κ2) is 6.69. The number of aromatic nitrogens is 3. The predicted molar refractivity (Wildman–Crippen MR) is 101 cm³/mol. The van der Waals surface area contributed by atoms with Crippen LogP contribution in [0.1, 0.15) is 11.1 Å². The second-order valence-electron chi connectivity index (χ2n) is 6.00. The molecule has 0 radical (unpaired) electrons. The van der Waals surface area contributed by atoms with Gasteiger partial charge in [0.15, 0.2) is 5.65 Å². The first-order chi connectivity index (χ1) is 12.3. The van der Waals surface area contributed by atoms with Gasteiger partial charge in [0, 0.05) is 12.1 Å². The molecular weight excluding hydrogens is 308 g/mol. The van der Waals surface area contributed by atoms with E-state index in [1.807, 2.05) is 42.5 Å². The Morgan fingerprint density at radius 3 is 2.44 bits per heavy atom. The fraction of sp³-hybridized carbons (Fsp3) is 0.0952. The highest BCUT2D eigenvalue weighted by Crippen LogP contribution is 2.19. The maximum atomic E-state index is 4.66. The van der Waals surface area contributed by atoms with E-state index in [0.29, 0.717) is 5.65 Å². The average Bonchev–Trinajstić information content (AvgIpc) is 2.67. The summed E-state index contributed by atoms with van der Waals surface area (Å²) in [7, 11) is 0. The van der Waals surface area contributed by atoms with Crippen molar-refractivity contribution < 1.29 is 0 Å². The van der Waals surface area contributed by atoms with Gasteiger partial charge in [-0.25, -0.2) is 9.97 Å². The monoisotopic (exact) mass is 326 g/mol. The molecule has 0 spiro atoms. The third-order valence-electron chi connectivity index (χ3n) is 4.07. The van der Waals surface area contributed by atoms with Gasteiger partial charge in [0.25, 0.3) is 0 Å². The van der Waals surface area contributed by atoms with Crippen LogP contribution in [-0.2, 0) is 6.54 Å². The molecule has 122 valence electrons. The third kappa shape index (κ3) is 3.48. The van der Waals surface area contributed by atoms with Crippen molar-refractivity contribution >= 4 is 17.0 Å². The Balaban J connectivity index is 1.59. The molecule has 0 aliphatic heterocycles. The van der Waals surface area contributed by atoms with Crippen molar-refractivity contribution in [3.05, 3.63) is 84.1 Å². The van der Waals surface area contributed by atoms with Gasteiger partial charge in [0.2, 0.25) is 0 Å². The molecule has 0 aliphatic carbocycles. The van der Waals surface area contributed by atoms with Gasteiger partial charge in [-0.1, -0.05) is 60.2 Å². The van der Waals surface area contributed by atoms with E-state index in [4.69, 9.17) is 0 Å². The van der Waals surface area contributed by atoms with E-state index in [0.717, 1.165) is 29.1 Å². The average molecular weight is 326 g/mol. The van der Waals surface area contributed by atoms with Crippen molar-refractivity contribution in [2.75, 3.05) is 5.32 Å². The molecule has 0 aliphatic rings. The van der Waals surface area contributed by atoms with Crippen LogP contribution in [0.25, 0.3) is 22.4 Å². The molecule has 0 atom stereocenters. The van der Waals surface area contributed by atoms with Crippen molar-refractivity contribution in [2.45, 2.75) is 13.5 Å². The lowest BCUT2D eigenvalue weighted by Gasteiger charge is -2.07. The van der Waals surface area contributed by atoms with Crippen LogP contribution < -0.4 is 5.32 Å². The summed E-state index contributed by atoms with van der Waals surface area (Å²) in [6.45, 7) is 2.82. The van der Waals surface area contributed by atoms with Gasteiger partial charge < -0.3 is 5.32 Å². The predicted octanol–water partition coefficient (Wildman–Crippen LogP) is 4.61. The number of benzene rings is 2. The number of aryl methyl sites for hydroxylation is 1. The number of nitrogens with zero attached hydrogens (tertiary/aromatic N) is 3. The van der Waals surface area contributed by atoms with E-state index >= 15 is 0 Å². The summed E-state index contributed by atoms with van der Waals surface area (Å²) in [6, 6.07) is 22.4. The van der Waals surface area contributed by atoms with Gasteiger partial charge >= 0.3 is 0 Å². The zero-order valence-corrected chi connectivity index (χ0v) is 14.0. The van der Waals surface area contributed by atoms with Crippen molar-refractivity contribution in [3.8, 4) is 11.3 Å². The number of nitrogens with one attached hydrogen (secondary N) is 1. The van der Waals surface area contributed by atoms with E-state index in [-0.39, 0.29) is 0 Å². The third-order valence-corrected chi connectivity index (χ3v) is 4.07. The Hall–Kier alpha value is -3.27. The molecule has 2 heterocycles. The Kier molecular flexibility index (Phi) is 4.09. The molecule has 0 amide bonds. The minimum absolute atomic E-state index is 0.648. The summed E-state index contributed by atoms with van der Waals surface area (Å²) < 4.78 is 0. The molecule has 25 heavy (non-hydrogen) atoms. The Bertz CT molecular complexity index is 995. The van der Waals surface area contributed by atoms with Crippen LogP contribution in [-0.4, -0.2) is 15.0 Å². The molecule has 0 bridgehead atoms. The minimum atomic E-state index is 0.648. The molecule has 4 heteroatoms. The largest absolute Gasteiger partial charge is 0.366 e. The van der Waals surface area contributed by atoms with E-state index in [9.17, 15) is 0 Å². The van der Waals surface area contributed by atoms with Gasteiger partial charge in [0.1, 0.15) is 11.3 Å². The van der Waals surface area contributed by atoms with Crippen LogP contribution in [0.5, 0.6) is 0 Å². The van der Waals surface area contributed by atoms with Crippen molar-refractivity contribution in [3.63, 3.8) is 0 Å². The number of hydrogen-bond donors (Lipinski definition) is 1. The summed E-state index contributed by atoms with van der Waals surface area (Å²) in [5.41, 5.74) is 5.79. The first kappa shape index (κ1) is 15.3. The minimum Gasteiger partial charge on any atom is -0.366 e. The SMILES string of the molecule is Cc1ccc(CNc2ccc3ncc(-c4ccccc4)nc3n2)cc1. The first-order valence-corrected chi connectivity index (χ1v) is 8.26. The normalized spacial score (nSPS) is 10.8. The smallest absolute Gasteiger partial charge is 0.180 e. The van der Waals surface area contributed by atoms with Gasteiger partial charge in [-0.2, -0.15) is 0 Å². The number of pyridine rings is 1.